The molecule has 0 atom stereocenters. The molecule has 2 aromatic rings. The van der Waals surface area contributed by atoms with E-state index in [1.807, 2.05) is 0 Å². The predicted octanol–water partition coefficient (Wildman–Crippen LogP) is 1.70. The number of aromatic nitrogens is 2. The molecule has 0 saturated heterocycles. The second-order valence-electron chi connectivity index (χ2n) is 5.32. The number of hydrogen-bond donors (Lipinski definition) is 3. The van der Waals surface area contributed by atoms with Gasteiger partial charge in [0.25, 0.3) is 5.56 Å². The minimum Gasteiger partial charge on any atom is -0.496 e. The first-order valence-electron chi connectivity index (χ1n) is 7.59. The number of hydrogen-bond acceptors (Lipinski definition) is 5. The molecule has 0 aliphatic carbocycles. The molecule has 2 rings (SSSR count). The van der Waals surface area contributed by atoms with Crippen LogP contribution in [-0.4, -0.2) is 35.7 Å². The molecule has 134 valence electrons. The minimum atomic E-state index is -0.412. The molecule has 0 unspecified atom stereocenters. The largest absolute Gasteiger partial charge is 0.496 e. The number of ether oxygens (including phenoxy) is 1. The number of methoxy groups -OCH3 is 1. The van der Waals surface area contributed by atoms with Crippen LogP contribution in [0.4, 0.5) is 0 Å². The quantitative estimate of drug-likeness (QED) is 0.476. The van der Waals surface area contributed by atoms with Crippen molar-refractivity contribution in [2.75, 3.05) is 20.2 Å². The van der Waals surface area contributed by atoms with E-state index in [0.29, 0.717) is 46.3 Å². The van der Waals surface area contributed by atoms with Crippen molar-refractivity contribution in [3.05, 3.63) is 44.4 Å². The highest BCUT2D eigenvalue weighted by Crippen LogP contribution is 2.32. The van der Waals surface area contributed by atoms with Crippen molar-refractivity contribution in [2.45, 2.75) is 13.0 Å². The van der Waals surface area contributed by atoms with Crippen LogP contribution >= 0.6 is 23.8 Å². The van der Waals surface area contributed by atoms with Crippen molar-refractivity contribution in [1.82, 2.24) is 14.9 Å². The number of amides is 1. The topological polar surface area (TPSA) is 102 Å². The van der Waals surface area contributed by atoms with E-state index < -0.39 is 5.91 Å². The number of H-pyrrole nitrogens is 1. The van der Waals surface area contributed by atoms with E-state index >= 15 is 0 Å². The molecule has 0 spiro atoms. The van der Waals surface area contributed by atoms with Gasteiger partial charge in [0.15, 0.2) is 4.77 Å². The summed E-state index contributed by atoms with van der Waals surface area (Å²) in [6.07, 6.45) is 0.684. The van der Waals surface area contributed by atoms with Gasteiger partial charge in [0.1, 0.15) is 5.75 Å². The SMILES string of the molecule is COc1ccc(Cl)cc1-c1cc(=O)[nH]c(=S)n1CCCNCC(N)=O. The van der Waals surface area contributed by atoms with Gasteiger partial charge >= 0.3 is 0 Å². The van der Waals surface area contributed by atoms with E-state index in [9.17, 15) is 9.59 Å². The van der Waals surface area contributed by atoms with Crippen LogP contribution in [0.2, 0.25) is 5.02 Å². The Morgan fingerprint density at radius 1 is 1.44 bits per heavy atom. The Morgan fingerprint density at radius 2 is 2.20 bits per heavy atom. The first-order valence-corrected chi connectivity index (χ1v) is 8.38. The number of primary amides is 1. The van der Waals surface area contributed by atoms with Gasteiger partial charge in [0, 0.05) is 23.2 Å². The minimum absolute atomic E-state index is 0.117. The zero-order valence-electron chi connectivity index (χ0n) is 13.7. The molecule has 0 radical (unpaired) electrons. The molecule has 0 fully saturated rings. The van der Waals surface area contributed by atoms with Crippen LogP contribution in [0.1, 0.15) is 6.42 Å². The second kappa shape index (κ2) is 8.80. The number of carbonyl (C=O) groups excluding carboxylic acids is 1. The summed E-state index contributed by atoms with van der Waals surface area (Å²) in [4.78, 5) is 25.3. The average Bonchev–Trinajstić information content (AvgIpc) is 2.55. The second-order valence-corrected chi connectivity index (χ2v) is 6.14. The normalized spacial score (nSPS) is 10.6. The number of rotatable bonds is 8. The number of aromatic amines is 1. The molecule has 0 aliphatic rings. The van der Waals surface area contributed by atoms with Crippen LogP contribution in [0.3, 0.4) is 0 Å². The predicted molar refractivity (Wildman–Crippen MR) is 99.6 cm³/mol. The number of nitrogens with two attached hydrogens (primary N) is 1. The van der Waals surface area contributed by atoms with Crippen molar-refractivity contribution in [3.63, 3.8) is 0 Å². The molecular formula is C16H19ClN4O3S. The summed E-state index contributed by atoms with van der Waals surface area (Å²) in [5, 5.41) is 3.46. The van der Waals surface area contributed by atoms with Gasteiger partial charge in [-0.25, -0.2) is 0 Å². The molecule has 1 heterocycles. The fraction of sp³-hybridized carbons (Fsp3) is 0.312. The first kappa shape index (κ1) is 19.2. The summed E-state index contributed by atoms with van der Waals surface area (Å²) in [6.45, 7) is 1.23. The van der Waals surface area contributed by atoms with E-state index in [4.69, 9.17) is 34.3 Å². The number of nitrogens with one attached hydrogen (secondary N) is 2. The van der Waals surface area contributed by atoms with E-state index in [1.165, 1.54) is 6.07 Å². The maximum atomic E-state index is 11.9. The number of nitrogens with zero attached hydrogens (tertiary/aromatic N) is 1. The number of halogens is 1. The molecule has 25 heavy (non-hydrogen) atoms. The summed E-state index contributed by atoms with van der Waals surface area (Å²) in [5.41, 5.74) is 6.07. The third-order valence-corrected chi connectivity index (χ3v) is 4.06. The maximum Gasteiger partial charge on any atom is 0.252 e. The van der Waals surface area contributed by atoms with Gasteiger partial charge in [0.05, 0.1) is 19.3 Å². The van der Waals surface area contributed by atoms with Gasteiger partial charge < -0.3 is 20.4 Å². The fourth-order valence-electron chi connectivity index (χ4n) is 2.42. The third-order valence-electron chi connectivity index (χ3n) is 3.51. The van der Waals surface area contributed by atoms with Gasteiger partial charge in [-0.1, -0.05) is 11.6 Å². The van der Waals surface area contributed by atoms with Crippen LogP contribution in [0, 0.1) is 4.77 Å². The van der Waals surface area contributed by atoms with E-state index in [0.717, 1.165) is 0 Å². The summed E-state index contributed by atoms with van der Waals surface area (Å²) >= 11 is 11.4. The monoisotopic (exact) mass is 382 g/mol. The first-order chi connectivity index (χ1) is 11.9. The Labute approximate surface area is 154 Å². The Bertz CT molecular complexity index is 878. The Hall–Kier alpha value is -2.16. The third kappa shape index (κ3) is 5.15. The molecule has 9 heteroatoms. The highest BCUT2D eigenvalue weighted by molar-refractivity contribution is 7.71. The van der Waals surface area contributed by atoms with Crippen molar-refractivity contribution >= 4 is 29.7 Å². The van der Waals surface area contributed by atoms with Crippen molar-refractivity contribution < 1.29 is 9.53 Å². The van der Waals surface area contributed by atoms with Crippen molar-refractivity contribution in [3.8, 4) is 17.0 Å². The molecule has 1 aromatic carbocycles. The standard InChI is InChI=1S/C16H19ClN4O3S/c1-24-13-4-3-10(17)7-11(13)12-8-15(23)20-16(25)21(12)6-2-5-19-9-14(18)22/h3-4,7-8,19H,2,5-6,9H2,1H3,(H2,18,22)(H,20,23,25). The molecular weight excluding hydrogens is 364 g/mol. The van der Waals surface area contributed by atoms with Crippen LogP contribution in [0.25, 0.3) is 11.3 Å². The summed E-state index contributed by atoms with van der Waals surface area (Å²) in [7, 11) is 1.55. The summed E-state index contributed by atoms with van der Waals surface area (Å²) in [5.74, 6) is 0.176. The molecule has 1 amide bonds. The van der Waals surface area contributed by atoms with Crippen LogP contribution in [0.15, 0.2) is 29.1 Å². The molecule has 7 nitrogen and oxygen atoms in total. The van der Waals surface area contributed by atoms with Crippen LogP contribution in [-0.2, 0) is 11.3 Å². The highest BCUT2D eigenvalue weighted by Gasteiger charge is 2.12. The Kier molecular flexibility index (Phi) is 6.74. The lowest BCUT2D eigenvalue weighted by molar-refractivity contribution is -0.117. The fourth-order valence-corrected chi connectivity index (χ4v) is 2.88. The summed E-state index contributed by atoms with van der Waals surface area (Å²) in [6, 6.07) is 6.64. The zero-order valence-corrected chi connectivity index (χ0v) is 15.2. The van der Waals surface area contributed by atoms with Crippen LogP contribution in [0.5, 0.6) is 5.75 Å². The van der Waals surface area contributed by atoms with Crippen LogP contribution < -0.4 is 21.3 Å². The Balaban J connectivity index is 2.35. The average molecular weight is 383 g/mol. The highest BCUT2D eigenvalue weighted by atomic mass is 35.5. The van der Waals surface area contributed by atoms with E-state index in [1.54, 1.807) is 29.9 Å². The van der Waals surface area contributed by atoms with Gasteiger partial charge in [-0.3, -0.25) is 14.6 Å². The Morgan fingerprint density at radius 3 is 2.88 bits per heavy atom. The molecule has 0 aliphatic heterocycles. The van der Waals surface area contributed by atoms with E-state index in [-0.39, 0.29) is 12.1 Å². The lowest BCUT2D eigenvalue weighted by Gasteiger charge is -2.16. The van der Waals surface area contributed by atoms with E-state index in [2.05, 4.69) is 10.3 Å². The zero-order chi connectivity index (χ0) is 18.4. The maximum absolute atomic E-state index is 11.9. The summed E-state index contributed by atoms with van der Waals surface area (Å²) < 4.78 is 7.48. The van der Waals surface area contributed by atoms with Gasteiger partial charge in [-0.05, 0) is 43.4 Å². The van der Waals surface area contributed by atoms with Gasteiger partial charge in [-0.15, -0.1) is 0 Å². The molecule has 0 saturated carbocycles. The number of carbonyl (C=O) groups is 1. The number of benzene rings is 1. The molecule has 4 N–H and O–H groups in total. The lowest BCUT2D eigenvalue weighted by atomic mass is 10.1. The molecule has 0 bridgehead atoms. The van der Waals surface area contributed by atoms with Gasteiger partial charge in [-0.2, -0.15) is 0 Å². The van der Waals surface area contributed by atoms with Crippen molar-refractivity contribution in [2.24, 2.45) is 5.73 Å². The van der Waals surface area contributed by atoms with Gasteiger partial charge in [0.2, 0.25) is 5.91 Å². The lowest BCUT2D eigenvalue weighted by Crippen LogP contribution is -2.29. The smallest absolute Gasteiger partial charge is 0.252 e. The molecule has 1 aromatic heterocycles. The van der Waals surface area contributed by atoms with Crippen molar-refractivity contribution in [1.29, 1.82) is 0 Å².